The van der Waals surface area contributed by atoms with Crippen molar-refractivity contribution < 1.29 is 9.21 Å². The molecule has 0 unspecified atom stereocenters. The Bertz CT molecular complexity index is 1240. The lowest BCUT2D eigenvalue weighted by atomic mass is 10.1. The molecule has 4 aromatic rings. The molecule has 0 aliphatic rings. The Morgan fingerprint density at radius 1 is 1.14 bits per heavy atom. The summed E-state index contributed by atoms with van der Waals surface area (Å²) in [5.41, 5.74) is 3.34. The summed E-state index contributed by atoms with van der Waals surface area (Å²) in [7, 11) is 0. The van der Waals surface area contributed by atoms with Crippen molar-refractivity contribution in [1.29, 1.82) is 0 Å². The van der Waals surface area contributed by atoms with Crippen LogP contribution in [0.15, 0.2) is 65.3 Å². The number of carbonyl (C=O) groups excluding carboxylic acids is 1. The van der Waals surface area contributed by atoms with Crippen LogP contribution in [0, 0.1) is 6.92 Å². The summed E-state index contributed by atoms with van der Waals surface area (Å²) in [6.07, 6.45) is 3.27. The third kappa shape index (κ3) is 7.56. The van der Waals surface area contributed by atoms with Gasteiger partial charge in [-0.1, -0.05) is 59.1 Å². The smallest absolute Gasteiger partial charge is 0.221 e. The van der Waals surface area contributed by atoms with Crippen LogP contribution < -0.4 is 10.2 Å². The second-order valence-corrected chi connectivity index (χ2v) is 9.82. The van der Waals surface area contributed by atoms with Crippen LogP contribution in [0.25, 0.3) is 0 Å². The Morgan fingerprint density at radius 3 is 2.71 bits per heavy atom. The molecule has 2 aromatic carbocycles. The van der Waals surface area contributed by atoms with Gasteiger partial charge in [-0.05, 0) is 48.7 Å². The molecular formula is C26H26Cl2N4O2S. The molecule has 0 fully saturated rings. The molecule has 1 amide bonds. The van der Waals surface area contributed by atoms with E-state index >= 15 is 0 Å². The second kappa shape index (κ2) is 12.2. The Morgan fingerprint density at radius 2 is 1.97 bits per heavy atom. The maximum atomic E-state index is 12.5. The van der Waals surface area contributed by atoms with Crippen LogP contribution in [0.3, 0.4) is 0 Å². The lowest BCUT2D eigenvalue weighted by molar-refractivity contribution is -0.120. The van der Waals surface area contributed by atoms with Crippen LogP contribution in [-0.2, 0) is 24.2 Å². The second-order valence-electron chi connectivity index (χ2n) is 8.24. The predicted molar refractivity (Wildman–Crippen MR) is 141 cm³/mol. The number of halogens is 2. The van der Waals surface area contributed by atoms with Crippen molar-refractivity contribution in [3.63, 3.8) is 0 Å². The highest BCUT2D eigenvalue weighted by molar-refractivity contribution is 7.09. The molecule has 2 heterocycles. The van der Waals surface area contributed by atoms with Gasteiger partial charge in [0.2, 0.25) is 11.0 Å². The van der Waals surface area contributed by atoms with Gasteiger partial charge in [-0.3, -0.25) is 4.79 Å². The molecule has 2 aromatic heterocycles. The van der Waals surface area contributed by atoms with Crippen LogP contribution in [0.2, 0.25) is 10.0 Å². The monoisotopic (exact) mass is 528 g/mol. The molecule has 6 nitrogen and oxygen atoms in total. The first-order valence-electron chi connectivity index (χ1n) is 11.3. The highest BCUT2D eigenvalue weighted by atomic mass is 35.5. The number of hydrogen-bond donors (Lipinski definition) is 1. The van der Waals surface area contributed by atoms with Crippen LogP contribution in [0.4, 0.5) is 5.13 Å². The van der Waals surface area contributed by atoms with Gasteiger partial charge >= 0.3 is 0 Å². The standard InChI is InChI=1S/C26H26Cl2N4O2S/c1-18-4-6-19(7-5-18)15-24-30-26(35-31-24)32(17-22-3-2-14-34-22)13-11-25(33)29-12-10-20-8-9-21(27)16-23(20)28/h2-9,14,16H,10-13,15,17H2,1H3,(H,29,33). The number of carbonyl (C=O) groups is 1. The zero-order valence-corrected chi connectivity index (χ0v) is 21.7. The van der Waals surface area contributed by atoms with Crippen molar-refractivity contribution in [2.45, 2.75) is 32.7 Å². The molecule has 0 spiro atoms. The summed E-state index contributed by atoms with van der Waals surface area (Å²) < 4.78 is 10.1. The largest absolute Gasteiger partial charge is 0.467 e. The van der Waals surface area contributed by atoms with Gasteiger partial charge in [0.25, 0.3) is 0 Å². The van der Waals surface area contributed by atoms with E-state index in [2.05, 4.69) is 40.9 Å². The highest BCUT2D eigenvalue weighted by Crippen LogP contribution is 2.23. The van der Waals surface area contributed by atoms with Crippen LogP contribution in [-0.4, -0.2) is 28.4 Å². The quantitative estimate of drug-likeness (QED) is 0.255. The first kappa shape index (κ1) is 25.2. The van der Waals surface area contributed by atoms with Gasteiger partial charge in [-0.15, -0.1) is 0 Å². The van der Waals surface area contributed by atoms with E-state index in [-0.39, 0.29) is 5.91 Å². The molecule has 0 saturated carbocycles. The Balaban J connectivity index is 1.34. The number of amides is 1. The SMILES string of the molecule is Cc1ccc(Cc2nsc(N(CCC(=O)NCCc3ccc(Cl)cc3Cl)Cc3ccco3)n2)cc1. The molecular weight excluding hydrogens is 503 g/mol. The number of aryl methyl sites for hydroxylation is 1. The number of furan rings is 1. The van der Waals surface area contributed by atoms with Gasteiger partial charge in [-0.2, -0.15) is 4.37 Å². The number of rotatable bonds is 11. The zero-order chi connectivity index (χ0) is 24.6. The van der Waals surface area contributed by atoms with Crippen molar-refractivity contribution in [3.8, 4) is 0 Å². The third-order valence-electron chi connectivity index (χ3n) is 5.48. The molecule has 0 aliphatic carbocycles. The summed E-state index contributed by atoms with van der Waals surface area (Å²) in [6.45, 7) is 3.57. The molecule has 0 saturated heterocycles. The summed E-state index contributed by atoms with van der Waals surface area (Å²) in [5.74, 6) is 1.53. The normalized spacial score (nSPS) is 10.9. The van der Waals surface area contributed by atoms with E-state index < -0.39 is 0 Å². The third-order valence-corrected chi connectivity index (χ3v) is 6.88. The topological polar surface area (TPSA) is 71.3 Å². The molecule has 9 heteroatoms. The van der Waals surface area contributed by atoms with Crippen LogP contribution in [0.5, 0.6) is 0 Å². The van der Waals surface area contributed by atoms with Crippen molar-refractivity contribution in [2.75, 3.05) is 18.0 Å². The Hall–Kier alpha value is -2.87. The fourth-order valence-corrected chi connectivity index (χ4v) is 4.77. The van der Waals surface area contributed by atoms with E-state index in [1.165, 1.54) is 17.1 Å². The average Bonchev–Trinajstić information content (AvgIpc) is 3.52. The van der Waals surface area contributed by atoms with Gasteiger partial charge in [-0.25, -0.2) is 4.98 Å². The minimum atomic E-state index is -0.0380. The zero-order valence-electron chi connectivity index (χ0n) is 19.3. The summed E-state index contributed by atoms with van der Waals surface area (Å²) in [6, 6.07) is 17.5. The molecule has 35 heavy (non-hydrogen) atoms. The summed E-state index contributed by atoms with van der Waals surface area (Å²) in [4.78, 5) is 19.3. The Kier molecular flexibility index (Phi) is 8.79. The Labute approximate surface area is 219 Å². The van der Waals surface area contributed by atoms with E-state index in [1.807, 2.05) is 23.1 Å². The number of hydrogen-bond acceptors (Lipinski definition) is 6. The van der Waals surface area contributed by atoms with Gasteiger partial charge < -0.3 is 14.6 Å². The number of aromatic nitrogens is 2. The van der Waals surface area contributed by atoms with Crippen LogP contribution >= 0.6 is 34.7 Å². The highest BCUT2D eigenvalue weighted by Gasteiger charge is 2.16. The van der Waals surface area contributed by atoms with E-state index in [1.54, 1.807) is 18.4 Å². The summed E-state index contributed by atoms with van der Waals surface area (Å²) >= 11 is 13.5. The van der Waals surface area contributed by atoms with Crippen LogP contribution in [0.1, 0.15) is 34.7 Å². The number of benzene rings is 2. The number of anilines is 1. The molecule has 0 aliphatic heterocycles. The molecule has 0 radical (unpaired) electrons. The van der Waals surface area contributed by atoms with E-state index in [0.29, 0.717) is 48.9 Å². The minimum Gasteiger partial charge on any atom is -0.467 e. The maximum Gasteiger partial charge on any atom is 0.221 e. The van der Waals surface area contributed by atoms with Gasteiger partial charge in [0, 0.05) is 47.5 Å². The lowest BCUT2D eigenvalue weighted by Gasteiger charge is -2.20. The van der Waals surface area contributed by atoms with E-state index in [0.717, 1.165) is 27.8 Å². The summed E-state index contributed by atoms with van der Waals surface area (Å²) in [5, 5.41) is 4.94. The maximum absolute atomic E-state index is 12.5. The van der Waals surface area contributed by atoms with E-state index in [4.69, 9.17) is 32.6 Å². The van der Waals surface area contributed by atoms with Crippen molar-refractivity contribution in [1.82, 2.24) is 14.7 Å². The number of nitrogens with one attached hydrogen (secondary N) is 1. The van der Waals surface area contributed by atoms with Gasteiger partial charge in [0.1, 0.15) is 11.6 Å². The molecule has 4 rings (SSSR count). The molecule has 1 N–H and O–H groups in total. The predicted octanol–water partition coefficient (Wildman–Crippen LogP) is 6.09. The first-order valence-corrected chi connectivity index (χ1v) is 12.9. The lowest BCUT2D eigenvalue weighted by Crippen LogP contribution is -2.31. The molecule has 0 bridgehead atoms. The number of nitrogens with zero attached hydrogens (tertiary/aromatic N) is 3. The van der Waals surface area contributed by atoms with Crippen molar-refractivity contribution >= 4 is 45.8 Å². The van der Waals surface area contributed by atoms with Gasteiger partial charge in [0.15, 0.2) is 0 Å². The van der Waals surface area contributed by atoms with Gasteiger partial charge in [0.05, 0.1) is 12.8 Å². The fourth-order valence-electron chi connectivity index (χ4n) is 3.55. The average molecular weight is 529 g/mol. The van der Waals surface area contributed by atoms with Crippen molar-refractivity contribution in [2.24, 2.45) is 0 Å². The van der Waals surface area contributed by atoms with Crippen molar-refractivity contribution in [3.05, 3.63) is 99.2 Å². The fraction of sp³-hybridized carbons (Fsp3) is 0.269. The van der Waals surface area contributed by atoms with E-state index in [9.17, 15) is 4.79 Å². The molecule has 182 valence electrons. The molecule has 0 atom stereocenters. The first-order chi connectivity index (χ1) is 17.0. The minimum absolute atomic E-state index is 0.0380.